The van der Waals surface area contributed by atoms with E-state index in [2.05, 4.69) is 6.58 Å². The summed E-state index contributed by atoms with van der Waals surface area (Å²) in [6.45, 7) is 7.12. The number of fused-ring (bicyclic) bond motifs is 2. The Morgan fingerprint density at radius 2 is 2.20 bits per heavy atom. The molecule has 2 atom stereocenters. The second-order valence-corrected chi connectivity index (χ2v) is 6.03. The largest absolute Gasteiger partial charge is 0.488 e. The van der Waals surface area contributed by atoms with Gasteiger partial charge in [-0.15, -0.1) is 0 Å². The van der Waals surface area contributed by atoms with Crippen LogP contribution < -0.4 is 4.74 Å². The Morgan fingerprint density at radius 1 is 1.40 bits per heavy atom. The normalized spacial score (nSPS) is 23.9. The van der Waals surface area contributed by atoms with Crippen molar-refractivity contribution in [3.05, 3.63) is 42.0 Å². The minimum Gasteiger partial charge on any atom is -0.488 e. The number of likely N-dealkylation sites (tertiary alicyclic amines) is 1. The van der Waals surface area contributed by atoms with Crippen LogP contribution in [-0.2, 0) is 0 Å². The Bertz CT molecular complexity index is 538. The molecular formula is C17H21NO2. The fourth-order valence-electron chi connectivity index (χ4n) is 3.30. The number of carbonyl (C=O) groups is 1. The van der Waals surface area contributed by atoms with Gasteiger partial charge < -0.3 is 9.64 Å². The maximum absolute atomic E-state index is 12.7. The van der Waals surface area contributed by atoms with Crippen molar-refractivity contribution in [2.45, 2.75) is 32.2 Å². The first kappa shape index (κ1) is 13.2. The topological polar surface area (TPSA) is 29.5 Å². The van der Waals surface area contributed by atoms with Crippen LogP contribution in [0.1, 0.15) is 36.5 Å². The SMILES string of the molecule is C=C(C)COc1ccccc1C(=O)N1C[C@H]2CC[C@H]1C2. The van der Waals surface area contributed by atoms with Gasteiger partial charge in [0, 0.05) is 12.6 Å². The number of amides is 1. The Labute approximate surface area is 120 Å². The van der Waals surface area contributed by atoms with E-state index < -0.39 is 0 Å². The molecule has 0 N–H and O–H groups in total. The van der Waals surface area contributed by atoms with Crippen molar-refractivity contribution in [1.29, 1.82) is 0 Å². The summed E-state index contributed by atoms with van der Waals surface area (Å²) >= 11 is 0. The molecule has 1 aliphatic carbocycles. The molecule has 2 bridgehead atoms. The molecule has 1 aromatic carbocycles. The molecule has 0 unspecified atom stereocenters. The second kappa shape index (κ2) is 5.31. The molecule has 106 valence electrons. The van der Waals surface area contributed by atoms with E-state index in [1.165, 1.54) is 12.8 Å². The molecule has 3 rings (SSSR count). The van der Waals surface area contributed by atoms with Gasteiger partial charge in [0.2, 0.25) is 0 Å². The number of piperidine rings is 1. The average Bonchev–Trinajstić information content (AvgIpc) is 3.07. The van der Waals surface area contributed by atoms with Crippen LogP contribution in [0.3, 0.4) is 0 Å². The molecular weight excluding hydrogens is 250 g/mol. The number of nitrogens with zero attached hydrogens (tertiary/aromatic N) is 1. The summed E-state index contributed by atoms with van der Waals surface area (Å²) in [6, 6.07) is 7.98. The van der Waals surface area contributed by atoms with E-state index >= 15 is 0 Å². The summed E-state index contributed by atoms with van der Waals surface area (Å²) in [5.74, 6) is 1.50. The smallest absolute Gasteiger partial charge is 0.257 e. The van der Waals surface area contributed by atoms with Gasteiger partial charge >= 0.3 is 0 Å². The number of carbonyl (C=O) groups excluding carboxylic acids is 1. The third kappa shape index (κ3) is 2.45. The minimum absolute atomic E-state index is 0.120. The van der Waals surface area contributed by atoms with Gasteiger partial charge in [-0.3, -0.25) is 4.79 Å². The number of para-hydroxylation sites is 1. The standard InChI is InChI=1S/C17H21NO2/c1-12(2)11-20-16-6-4-3-5-15(16)17(19)18-10-13-7-8-14(18)9-13/h3-6,13-14H,1,7-11H2,2H3/t13-,14-/m0/s1. The van der Waals surface area contributed by atoms with Crippen molar-refractivity contribution >= 4 is 5.91 Å². The summed E-state index contributed by atoms with van der Waals surface area (Å²) in [6.07, 6.45) is 3.62. The molecule has 1 heterocycles. The molecule has 1 aliphatic heterocycles. The molecule has 0 spiro atoms. The highest BCUT2D eigenvalue weighted by Gasteiger charge is 2.40. The van der Waals surface area contributed by atoms with Crippen LogP contribution in [-0.4, -0.2) is 30.0 Å². The third-order valence-electron chi connectivity index (χ3n) is 4.26. The lowest BCUT2D eigenvalue weighted by atomic mass is 10.1. The predicted molar refractivity (Wildman–Crippen MR) is 78.9 cm³/mol. The number of ether oxygens (including phenoxy) is 1. The summed E-state index contributed by atoms with van der Waals surface area (Å²) in [5.41, 5.74) is 1.63. The molecule has 2 aliphatic rings. The van der Waals surface area contributed by atoms with Crippen LogP contribution in [0.15, 0.2) is 36.4 Å². The lowest BCUT2D eigenvalue weighted by molar-refractivity contribution is 0.0699. The van der Waals surface area contributed by atoms with Gasteiger partial charge in [-0.05, 0) is 49.8 Å². The lowest BCUT2D eigenvalue weighted by Crippen LogP contribution is -2.37. The van der Waals surface area contributed by atoms with Crippen LogP contribution in [0.25, 0.3) is 0 Å². The fourth-order valence-corrected chi connectivity index (χ4v) is 3.30. The Kier molecular flexibility index (Phi) is 3.51. The Balaban J connectivity index is 1.79. The molecule has 2 fully saturated rings. The zero-order valence-corrected chi connectivity index (χ0v) is 12.0. The number of benzene rings is 1. The molecule has 1 saturated carbocycles. The van der Waals surface area contributed by atoms with E-state index in [0.717, 1.165) is 18.5 Å². The van der Waals surface area contributed by atoms with Crippen LogP contribution in [0.2, 0.25) is 0 Å². The minimum atomic E-state index is 0.120. The highest BCUT2D eigenvalue weighted by atomic mass is 16.5. The first-order valence-corrected chi connectivity index (χ1v) is 7.32. The van der Waals surface area contributed by atoms with E-state index in [1.807, 2.05) is 36.1 Å². The number of hydrogen-bond donors (Lipinski definition) is 0. The maximum atomic E-state index is 12.7. The van der Waals surface area contributed by atoms with Crippen LogP contribution in [0.4, 0.5) is 0 Å². The van der Waals surface area contributed by atoms with Crippen LogP contribution in [0, 0.1) is 5.92 Å². The van der Waals surface area contributed by atoms with Gasteiger partial charge in [0.25, 0.3) is 5.91 Å². The second-order valence-electron chi connectivity index (χ2n) is 6.03. The monoisotopic (exact) mass is 271 g/mol. The molecule has 20 heavy (non-hydrogen) atoms. The van der Waals surface area contributed by atoms with Gasteiger partial charge in [-0.25, -0.2) is 0 Å². The van der Waals surface area contributed by atoms with Gasteiger partial charge in [0.15, 0.2) is 0 Å². The molecule has 0 aromatic heterocycles. The molecule has 1 saturated heterocycles. The Morgan fingerprint density at radius 3 is 2.85 bits per heavy atom. The van der Waals surface area contributed by atoms with Crippen LogP contribution >= 0.6 is 0 Å². The summed E-state index contributed by atoms with van der Waals surface area (Å²) in [4.78, 5) is 14.8. The van der Waals surface area contributed by atoms with Gasteiger partial charge in [-0.2, -0.15) is 0 Å². The predicted octanol–water partition coefficient (Wildman–Crippen LogP) is 3.27. The Hall–Kier alpha value is -1.77. The van der Waals surface area contributed by atoms with Crippen molar-refractivity contribution in [3.8, 4) is 5.75 Å². The summed E-state index contributed by atoms with van der Waals surface area (Å²) in [7, 11) is 0. The first-order chi connectivity index (χ1) is 9.65. The zero-order chi connectivity index (χ0) is 14.1. The number of rotatable bonds is 4. The third-order valence-corrected chi connectivity index (χ3v) is 4.26. The fraction of sp³-hybridized carbons (Fsp3) is 0.471. The highest BCUT2D eigenvalue weighted by molar-refractivity contribution is 5.97. The molecule has 1 amide bonds. The van der Waals surface area contributed by atoms with Gasteiger partial charge in [0.1, 0.15) is 12.4 Å². The molecule has 1 aromatic rings. The average molecular weight is 271 g/mol. The van der Waals surface area contributed by atoms with E-state index in [4.69, 9.17) is 4.74 Å². The van der Waals surface area contributed by atoms with Crippen molar-refractivity contribution in [2.75, 3.05) is 13.2 Å². The van der Waals surface area contributed by atoms with Gasteiger partial charge in [-0.1, -0.05) is 18.7 Å². The summed E-state index contributed by atoms with van der Waals surface area (Å²) < 4.78 is 5.71. The first-order valence-electron chi connectivity index (χ1n) is 7.32. The van der Waals surface area contributed by atoms with E-state index in [0.29, 0.717) is 29.9 Å². The molecule has 3 heteroatoms. The van der Waals surface area contributed by atoms with E-state index in [9.17, 15) is 4.79 Å². The molecule has 3 nitrogen and oxygen atoms in total. The van der Waals surface area contributed by atoms with E-state index in [1.54, 1.807) is 0 Å². The number of hydrogen-bond acceptors (Lipinski definition) is 2. The maximum Gasteiger partial charge on any atom is 0.257 e. The lowest BCUT2D eigenvalue weighted by Gasteiger charge is -2.27. The van der Waals surface area contributed by atoms with Crippen molar-refractivity contribution in [2.24, 2.45) is 5.92 Å². The highest BCUT2D eigenvalue weighted by Crippen LogP contribution is 2.38. The zero-order valence-electron chi connectivity index (χ0n) is 12.0. The van der Waals surface area contributed by atoms with Crippen LogP contribution in [0.5, 0.6) is 5.75 Å². The van der Waals surface area contributed by atoms with E-state index in [-0.39, 0.29) is 5.91 Å². The van der Waals surface area contributed by atoms with Crippen molar-refractivity contribution < 1.29 is 9.53 Å². The molecule has 0 radical (unpaired) electrons. The van der Waals surface area contributed by atoms with Gasteiger partial charge in [0.05, 0.1) is 5.56 Å². The van der Waals surface area contributed by atoms with Crippen molar-refractivity contribution in [1.82, 2.24) is 4.90 Å². The van der Waals surface area contributed by atoms with Crippen molar-refractivity contribution in [3.63, 3.8) is 0 Å². The quantitative estimate of drug-likeness (QED) is 0.787. The summed E-state index contributed by atoms with van der Waals surface area (Å²) in [5, 5.41) is 0.